The predicted octanol–water partition coefficient (Wildman–Crippen LogP) is 3.04. The number of benzene rings is 2. The first-order chi connectivity index (χ1) is 11.5. The number of rotatable bonds is 4. The molecule has 124 valence electrons. The van der Waals surface area contributed by atoms with Crippen LogP contribution in [0.1, 0.15) is 30.9 Å². The van der Waals surface area contributed by atoms with Crippen molar-refractivity contribution in [3.05, 3.63) is 65.5 Å². The van der Waals surface area contributed by atoms with Crippen LogP contribution in [0.4, 0.5) is 10.1 Å². The standard InChI is InChI=1S/C18H18FN3O2/c1-12(2)14-5-3-13(4-6-14)11-20-22-18(24)17(23)21-16-9-7-15(19)8-10-16/h3-12H,1-2H3,(H,21,23)(H,22,24). The van der Waals surface area contributed by atoms with E-state index >= 15 is 0 Å². The van der Waals surface area contributed by atoms with Gasteiger partial charge in [-0.1, -0.05) is 38.1 Å². The summed E-state index contributed by atoms with van der Waals surface area (Å²) >= 11 is 0. The fourth-order valence-electron chi connectivity index (χ4n) is 1.90. The van der Waals surface area contributed by atoms with E-state index in [1.807, 2.05) is 24.3 Å². The monoisotopic (exact) mass is 327 g/mol. The molecule has 2 aromatic rings. The molecule has 0 aliphatic rings. The summed E-state index contributed by atoms with van der Waals surface area (Å²) in [5.41, 5.74) is 4.48. The molecule has 0 aliphatic carbocycles. The van der Waals surface area contributed by atoms with Crippen LogP contribution >= 0.6 is 0 Å². The van der Waals surface area contributed by atoms with Crippen molar-refractivity contribution in [1.82, 2.24) is 5.43 Å². The van der Waals surface area contributed by atoms with Crippen molar-refractivity contribution in [2.24, 2.45) is 5.10 Å². The van der Waals surface area contributed by atoms with Gasteiger partial charge in [0.2, 0.25) is 0 Å². The van der Waals surface area contributed by atoms with E-state index in [1.54, 1.807) is 0 Å². The third-order valence-electron chi connectivity index (χ3n) is 3.29. The first-order valence-corrected chi connectivity index (χ1v) is 7.45. The molecule has 2 aromatic carbocycles. The number of nitrogens with zero attached hydrogens (tertiary/aromatic N) is 1. The van der Waals surface area contributed by atoms with Crippen molar-refractivity contribution < 1.29 is 14.0 Å². The molecule has 0 saturated carbocycles. The lowest BCUT2D eigenvalue weighted by molar-refractivity contribution is -0.136. The van der Waals surface area contributed by atoms with Gasteiger partial charge >= 0.3 is 11.8 Å². The number of hydrogen-bond acceptors (Lipinski definition) is 3. The van der Waals surface area contributed by atoms with Crippen LogP contribution in [-0.4, -0.2) is 18.0 Å². The average Bonchev–Trinajstić information content (AvgIpc) is 2.57. The smallest absolute Gasteiger partial charge is 0.318 e. The number of carbonyl (C=O) groups is 2. The van der Waals surface area contributed by atoms with Crippen molar-refractivity contribution in [3.8, 4) is 0 Å². The lowest BCUT2D eigenvalue weighted by Gasteiger charge is -2.05. The van der Waals surface area contributed by atoms with Gasteiger partial charge in [-0.3, -0.25) is 9.59 Å². The highest BCUT2D eigenvalue weighted by Gasteiger charge is 2.12. The molecule has 0 unspecified atom stereocenters. The van der Waals surface area contributed by atoms with Crippen LogP contribution in [0.15, 0.2) is 53.6 Å². The Morgan fingerprint density at radius 1 is 1.00 bits per heavy atom. The van der Waals surface area contributed by atoms with E-state index in [9.17, 15) is 14.0 Å². The number of carbonyl (C=O) groups excluding carboxylic acids is 2. The van der Waals surface area contributed by atoms with E-state index in [1.165, 1.54) is 36.0 Å². The molecule has 0 saturated heterocycles. The summed E-state index contributed by atoms with van der Waals surface area (Å²) in [4.78, 5) is 23.3. The Labute approximate surface area is 139 Å². The Morgan fingerprint density at radius 2 is 1.62 bits per heavy atom. The predicted molar refractivity (Wildman–Crippen MR) is 91.3 cm³/mol. The van der Waals surface area contributed by atoms with Gasteiger partial charge in [-0.2, -0.15) is 5.10 Å². The molecule has 0 radical (unpaired) electrons. The summed E-state index contributed by atoms with van der Waals surface area (Å²) in [5.74, 6) is -1.78. The van der Waals surface area contributed by atoms with Crippen molar-refractivity contribution in [3.63, 3.8) is 0 Å². The first-order valence-electron chi connectivity index (χ1n) is 7.45. The number of hydrogen-bond donors (Lipinski definition) is 2. The van der Waals surface area contributed by atoms with Crippen LogP contribution in [-0.2, 0) is 9.59 Å². The van der Waals surface area contributed by atoms with Crippen molar-refractivity contribution in [2.45, 2.75) is 19.8 Å². The Balaban J connectivity index is 1.87. The van der Waals surface area contributed by atoms with Crippen LogP contribution in [0.25, 0.3) is 0 Å². The molecule has 0 bridgehead atoms. The van der Waals surface area contributed by atoms with Gasteiger partial charge in [0.25, 0.3) is 0 Å². The normalized spacial score (nSPS) is 10.8. The first kappa shape index (κ1) is 17.3. The third kappa shape index (κ3) is 5.01. The Bertz CT molecular complexity index is 738. The average molecular weight is 327 g/mol. The van der Waals surface area contributed by atoms with Gasteiger partial charge in [0, 0.05) is 5.69 Å². The van der Waals surface area contributed by atoms with Gasteiger partial charge in [0.1, 0.15) is 5.82 Å². The van der Waals surface area contributed by atoms with Gasteiger partial charge in [0.15, 0.2) is 0 Å². The lowest BCUT2D eigenvalue weighted by Crippen LogP contribution is -2.32. The molecule has 0 heterocycles. The number of halogens is 1. The molecule has 0 aliphatic heterocycles. The highest BCUT2D eigenvalue weighted by molar-refractivity contribution is 6.39. The number of hydrazone groups is 1. The van der Waals surface area contributed by atoms with E-state index in [0.29, 0.717) is 11.6 Å². The maximum atomic E-state index is 12.8. The van der Waals surface area contributed by atoms with Gasteiger partial charge in [-0.15, -0.1) is 0 Å². The molecular weight excluding hydrogens is 309 g/mol. The maximum Gasteiger partial charge on any atom is 0.329 e. The van der Waals surface area contributed by atoms with Crippen molar-refractivity contribution in [1.29, 1.82) is 0 Å². The Morgan fingerprint density at radius 3 is 2.21 bits per heavy atom. The fraction of sp³-hybridized carbons (Fsp3) is 0.167. The van der Waals surface area contributed by atoms with E-state index in [-0.39, 0.29) is 0 Å². The van der Waals surface area contributed by atoms with Gasteiger partial charge < -0.3 is 5.32 Å². The number of amides is 2. The van der Waals surface area contributed by atoms with E-state index in [4.69, 9.17) is 0 Å². The zero-order valence-electron chi connectivity index (χ0n) is 13.4. The Kier molecular flexibility index (Phi) is 5.78. The van der Waals surface area contributed by atoms with Gasteiger partial charge in [-0.25, -0.2) is 9.82 Å². The van der Waals surface area contributed by atoms with Crippen LogP contribution in [0.5, 0.6) is 0 Å². The quantitative estimate of drug-likeness (QED) is 0.515. The molecular formula is C18H18FN3O2. The van der Waals surface area contributed by atoms with Crippen LogP contribution in [0, 0.1) is 5.82 Å². The molecule has 0 aromatic heterocycles. The molecule has 0 fully saturated rings. The lowest BCUT2D eigenvalue weighted by atomic mass is 10.0. The summed E-state index contributed by atoms with van der Waals surface area (Å²) in [7, 11) is 0. The second kappa shape index (κ2) is 8.01. The minimum Gasteiger partial charge on any atom is -0.318 e. The minimum absolute atomic E-state index is 0.324. The zero-order valence-corrected chi connectivity index (χ0v) is 13.4. The molecule has 2 amide bonds. The SMILES string of the molecule is CC(C)c1ccc(C=NNC(=O)C(=O)Nc2ccc(F)cc2)cc1. The zero-order chi connectivity index (χ0) is 17.5. The van der Waals surface area contributed by atoms with E-state index in [2.05, 4.69) is 29.7 Å². The summed E-state index contributed by atoms with van der Waals surface area (Å²) in [6, 6.07) is 12.8. The van der Waals surface area contributed by atoms with Crippen LogP contribution in [0.2, 0.25) is 0 Å². The van der Waals surface area contributed by atoms with Gasteiger partial charge in [-0.05, 0) is 41.3 Å². The van der Waals surface area contributed by atoms with E-state index in [0.717, 1.165) is 5.56 Å². The third-order valence-corrected chi connectivity index (χ3v) is 3.29. The molecule has 24 heavy (non-hydrogen) atoms. The van der Waals surface area contributed by atoms with Crippen molar-refractivity contribution in [2.75, 3.05) is 5.32 Å². The molecule has 2 rings (SSSR count). The van der Waals surface area contributed by atoms with Crippen LogP contribution < -0.4 is 10.7 Å². The number of anilines is 1. The van der Waals surface area contributed by atoms with E-state index < -0.39 is 17.6 Å². The second-order valence-corrected chi connectivity index (χ2v) is 5.48. The molecule has 0 spiro atoms. The highest BCUT2D eigenvalue weighted by Crippen LogP contribution is 2.13. The fourth-order valence-corrected chi connectivity index (χ4v) is 1.90. The maximum absolute atomic E-state index is 12.8. The van der Waals surface area contributed by atoms with Crippen molar-refractivity contribution >= 4 is 23.7 Å². The van der Waals surface area contributed by atoms with Gasteiger partial charge in [0.05, 0.1) is 6.21 Å². The summed E-state index contributed by atoms with van der Waals surface area (Å²) in [6.07, 6.45) is 1.45. The second-order valence-electron chi connectivity index (χ2n) is 5.48. The summed E-state index contributed by atoms with van der Waals surface area (Å²) < 4.78 is 12.8. The molecule has 0 atom stereocenters. The summed E-state index contributed by atoms with van der Waals surface area (Å²) in [6.45, 7) is 4.20. The van der Waals surface area contributed by atoms with Crippen LogP contribution in [0.3, 0.4) is 0 Å². The highest BCUT2D eigenvalue weighted by atomic mass is 19.1. The number of nitrogens with one attached hydrogen (secondary N) is 2. The Hall–Kier alpha value is -3.02. The largest absolute Gasteiger partial charge is 0.329 e. The molecule has 6 heteroatoms. The summed E-state index contributed by atoms with van der Waals surface area (Å²) in [5, 5.41) is 6.09. The molecule has 2 N–H and O–H groups in total. The minimum atomic E-state index is -0.908. The topological polar surface area (TPSA) is 70.6 Å². The molecule has 5 nitrogen and oxygen atoms in total.